The van der Waals surface area contributed by atoms with Crippen LogP contribution in [0.25, 0.3) is 0 Å². The molecule has 0 radical (unpaired) electrons. The second-order valence-electron chi connectivity index (χ2n) is 6.41. The van der Waals surface area contributed by atoms with Gasteiger partial charge in [0.1, 0.15) is 11.9 Å². The van der Waals surface area contributed by atoms with E-state index >= 15 is 0 Å². The van der Waals surface area contributed by atoms with Gasteiger partial charge < -0.3 is 25.0 Å². The molecule has 0 aliphatic carbocycles. The highest BCUT2D eigenvalue weighted by Crippen LogP contribution is 2.22. The summed E-state index contributed by atoms with van der Waals surface area (Å²) in [5, 5.41) is 0. The van der Waals surface area contributed by atoms with Crippen molar-refractivity contribution in [2.75, 3.05) is 39.8 Å². The van der Waals surface area contributed by atoms with Crippen molar-refractivity contribution in [2.24, 2.45) is 5.73 Å². The molecule has 2 amide bonds. The fourth-order valence-corrected chi connectivity index (χ4v) is 3.33. The van der Waals surface area contributed by atoms with E-state index in [1.807, 2.05) is 6.07 Å². The quantitative estimate of drug-likeness (QED) is 0.835. The number of rotatable bonds is 4. The van der Waals surface area contributed by atoms with E-state index in [1.165, 1.54) is 0 Å². The lowest BCUT2D eigenvalue weighted by atomic mass is 10.1. The smallest absolute Gasteiger partial charge is 0.254 e. The van der Waals surface area contributed by atoms with E-state index in [0.717, 1.165) is 12.8 Å². The normalized spacial score (nSPS) is 22.7. The lowest BCUT2D eigenvalue weighted by Crippen LogP contribution is -2.53. The van der Waals surface area contributed by atoms with Crippen LogP contribution >= 0.6 is 12.4 Å². The number of nitrogens with zero attached hydrogens (tertiary/aromatic N) is 2. The van der Waals surface area contributed by atoms with Crippen molar-refractivity contribution in [2.45, 2.75) is 25.0 Å². The number of amides is 2. The van der Waals surface area contributed by atoms with Gasteiger partial charge in [-0.2, -0.15) is 0 Å². The molecule has 1 aromatic carbocycles. The van der Waals surface area contributed by atoms with E-state index in [1.54, 1.807) is 35.1 Å². The Morgan fingerprint density at radius 2 is 1.88 bits per heavy atom. The Hall–Kier alpha value is -1.83. The van der Waals surface area contributed by atoms with Crippen molar-refractivity contribution >= 4 is 24.2 Å². The van der Waals surface area contributed by atoms with Crippen molar-refractivity contribution < 1.29 is 19.1 Å². The summed E-state index contributed by atoms with van der Waals surface area (Å²) in [5.74, 6) is 0.642. The Bertz CT molecular complexity index is 635. The first-order valence-electron chi connectivity index (χ1n) is 8.70. The Morgan fingerprint density at radius 1 is 1.19 bits per heavy atom. The van der Waals surface area contributed by atoms with Gasteiger partial charge in [-0.3, -0.25) is 9.59 Å². The van der Waals surface area contributed by atoms with E-state index in [0.29, 0.717) is 44.0 Å². The summed E-state index contributed by atoms with van der Waals surface area (Å²) in [6, 6.07) is 7.13. The molecule has 2 N–H and O–H groups in total. The van der Waals surface area contributed by atoms with E-state index in [4.69, 9.17) is 15.2 Å². The Morgan fingerprint density at radius 3 is 2.50 bits per heavy atom. The molecule has 0 unspecified atom stereocenters. The summed E-state index contributed by atoms with van der Waals surface area (Å²) in [6.45, 7) is 2.56. The first-order chi connectivity index (χ1) is 12.1. The summed E-state index contributed by atoms with van der Waals surface area (Å²) in [7, 11) is 1.58. The number of hydrogen-bond acceptors (Lipinski definition) is 5. The van der Waals surface area contributed by atoms with Crippen LogP contribution in [0.3, 0.4) is 0 Å². The van der Waals surface area contributed by atoms with Crippen molar-refractivity contribution in [1.82, 2.24) is 9.80 Å². The number of carbonyl (C=O) groups is 2. The SMILES string of the molecule is COc1cccc(C(=O)N2CCN(C(=O)[C@@H]3CC[C@H](CN)O3)CC2)c1.Cl. The molecule has 0 saturated carbocycles. The third kappa shape index (κ3) is 4.47. The fraction of sp³-hybridized carbons (Fsp3) is 0.556. The summed E-state index contributed by atoms with van der Waals surface area (Å²) < 4.78 is 10.9. The Kier molecular flexibility index (Phi) is 7.25. The van der Waals surface area contributed by atoms with Gasteiger partial charge >= 0.3 is 0 Å². The van der Waals surface area contributed by atoms with E-state index < -0.39 is 0 Å². The average Bonchev–Trinajstić information content (AvgIpc) is 3.16. The van der Waals surface area contributed by atoms with Crippen LogP contribution in [0.1, 0.15) is 23.2 Å². The maximum atomic E-state index is 12.6. The number of nitrogens with two attached hydrogens (primary N) is 1. The van der Waals surface area contributed by atoms with E-state index in [9.17, 15) is 9.59 Å². The molecule has 7 nitrogen and oxygen atoms in total. The van der Waals surface area contributed by atoms with Gasteiger partial charge in [0.25, 0.3) is 11.8 Å². The molecule has 2 aliphatic heterocycles. The zero-order valence-electron chi connectivity index (χ0n) is 14.9. The molecule has 2 heterocycles. The number of benzene rings is 1. The van der Waals surface area contributed by atoms with Crippen LogP contribution in [0.4, 0.5) is 0 Å². The van der Waals surface area contributed by atoms with Crippen molar-refractivity contribution in [3.63, 3.8) is 0 Å². The highest BCUT2D eigenvalue weighted by Gasteiger charge is 2.34. The van der Waals surface area contributed by atoms with Crippen LogP contribution in [0, 0.1) is 0 Å². The number of piperazine rings is 1. The number of hydrogen-bond donors (Lipinski definition) is 1. The van der Waals surface area contributed by atoms with Gasteiger partial charge in [0, 0.05) is 38.3 Å². The van der Waals surface area contributed by atoms with Gasteiger partial charge in [-0.25, -0.2) is 0 Å². The van der Waals surface area contributed by atoms with Crippen LogP contribution in [0.5, 0.6) is 5.75 Å². The van der Waals surface area contributed by atoms with Crippen molar-refractivity contribution in [3.8, 4) is 5.75 Å². The van der Waals surface area contributed by atoms with Crippen LogP contribution in [0.15, 0.2) is 24.3 Å². The maximum absolute atomic E-state index is 12.6. The first kappa shape index (κ1) is 20.5. The third-order valence-corrected chi connectivity index (χ3v) is 4.84. The summed E-state index contributed by atoms with van der Waals surface area (Å²) in [4.78, 5) is 28.7. The van der Waals surface area contributed by atoms with Crippen LogP contribution < -0.4 is 10.5 Å². The molecule has 8 heteroatoms. The van der Waals surface area contributed by atoms with Crippen LogP contribution in [-0.2, 0) is 9.53 Å². The monoisotopic (exact) mass is 383 g/mol. The van der Waals surface area contributed by atoms with E-state index in [-0.39, 0.29) is 36.4 Å². The minimum absolute atomic E-state index is 0. The van der Waals surface area contributed by atoms with Gasteiger partial charge in [0.2, 0.25) is 0 Å². The highest BCUT2D eigenvalue weighted by molar-refractivity contribution is 5.94. The van der Waals surface area contributed by atoms with Gasteiger partial charge in [-0.05, 0) is 31.0 Å². The molecule has 0 bridgehead atoms. The summed E-state index contributed by atoms with van der Waals surface area (Å²) in [6.07, 6.45) is 1.17. The molecule has 2 saturated heterocycles. The molecule has 2 fully saturated rings. The predicted molar refractivity (Wildman–Crippen MR) is 99.7 cm³/mol. The third-order valence-electron chi connectivity index (χ3n) is 4.84. The zero-order valence-corrected chi connectivity index (χ0v) is 15.7. The lowest BCUT2D eigenvalue weighted by molar-refractivity contribution is -0.144. The molecule has 26 heavy (non-hydrogen) atoms. The Balaban J connectivity index is 0.00000243. The van der Waals surface area contributed by atoms with Crippen LogP contribution in [-0.4, -0.2) is 73.7 Å². The lowest BCUT2D eigenvalue weighted by Gasteiger charge is -2.36. The molecular weight excluding hydrogens is 358 g/mol. The first-order valence-corrected chi connectivity index (χ1v) is 8.70. The largest absolute Gasteiger partial charge is 0.497 e. The average molecular weight is 384 g/mol. The second-order valence-corrected chi connectivity index (χ2v) is 6.41. The molecule has 3 rings (SSSR count). The minimum atomic E-state index is -0.380. The summed E-state index contributed by atoms with van der Waals surface area (Å²) in [5.41, 5.74) is 6.20. The van der Waals surface area contributed by atoms with Crippen LogP contribution in [0.2, 0.25) is 0 Å². The van der Waals surface area contributed by atoms with Crippen molar-refractivity contribution in [3.05, 3.63) is 29.8 Å². The molecule has 2 atom stereocenters. The molecule has 1 aromatic rings. The van der Waals surface area contributed by atoms with E-state index in [2.05, 4.69) is 0 Å². The zero-order chi connectivity index (χ0) is 17.8. The molecule has 0 spiro atoms. The Labute approximate surface area is 159 Å². The molecule has 144 valence electrons. The van der Waals surface area contributed by atoms with Gasteiger partial charge in [-0.1, -0.05) is 6.07 Å². The molecule has 2 aliphatic rings. The highest BCUT2D eigenvalue weighted by atomic mass is 35.5. The maximum Gasteiger partial charge on any atom is 0.254 e. The summed E-state index contributed by atoms with van der Waals surface area (Å²) >= 11 is 0. The number of halogens is 1. The standard InChI is InChI=1S/C18H25N3O4.ClH/c1-24-14-4-2-3-13(11-14)17(22)20-7-9-21(10-8-20)18(23)16-6-5-15(12-19)25-16;/h2-4,11,15-16H,5-10,12,19H2,1H3;1H/t15-,16+;/m1./s1. The van der Waals surface area contributed by atoms with Crippen molar-refractivity contribution in [1.29, 1.82) is 0 Å². The fourth-order valence-electron chi connectivity index (χ4n) is 3.33. The number of methoxy groups -OCH3 is 1. The topological polar surface area (TPSA) is 85.1 Å². The minimum Gasteiger partial charge on any atom is -0.497 e. The predicted octanol–water partition coefficient (Wildman–Crippen LogP) is 0.908. The van der Waals surface area contributed by atoms with Gasteiger partial charge in [-0.15, -0.1) is 12.4 Å². The second kappa shape index (κ2) is 9.21. The number of ether oxygens (including phenoxy) is 2. The molecule has 0 aromatic heterocycles. The molecular formula is C18H26ClN3O4. The van der Waals surface area contributed by atoms with Gasteiger partial charge in [0.15, 0.2) is 0 Å². The number of carbonyl (C=O) groups excluding carboxylic acids is 2. The van der Waals surface area contributed by atoms with Gasteiger partial charge in [0.05, 0.1) is 13.2 Å².